The molecular weight excluding hydrogens is 466 g/mol. The standard InChI is InChI=1S/C30H35N3O2S/c34-29(14-11-22-6-1-2-7-22)32(19-27-10-5-17-35-27)16-15-26-21-36-30-31-28(20-33(26)30)25-13-12-23-8-3-4-9-24(23)18-25/h3-4,8-9,12-13,18,20-22,27H,1-2,5-7,10-11,14-17,19H2. The van der Waals surface area contributed by atoms with E-state index in [1.165, 1.54) is 42.1 Å². The largest absolute Gasteiger partial charge is 0.376 e. The molecule has 1 saturated heterocycles. The molecule has 6 heteroatoms. The van der Waals surface area contributed by atoms with Gasteiger partial charge in [0.25, 0.3) is 0 Å². The lowest BCUT2D eigenvalue weighted by molar-refractivity contribution is -0.133. The van der Waals surface area contributed by atoms with Gasteiger partial charge in [0.15, 0.2) is 4.96 Å². The van der Waals surface area contributed by atoms with Crippen molar-refractivity contribution in [3.63, 3.8) is 0 Å². The third-order valence-corrected chi connectivity index (χ3v) is 8.90. The first-order valence-corrected chi connectivity index (χ1v) is 14.4. The summed E-state index contributed by atoms with van der Waals surface area (Å²) in [7, 11) is 0. The Kier molecular flexibility index (Phi) is 7.06. The average molecular weight is 502 g/mol. The Morgan fingerprint density at radius 1 is 1.08 bits per heavy atom. The number of rotatable bonds is 9. The summed E-state index contributed by atoms with van der Waals surface area (Å²) in [6.07, 6.45) is 12.3. The van der Waals surface area contributed by atoms with Crippen LogP contribution in [0.15, 0.2) is 54.0 Å². The van der Waals surface area contributed by atoms with Gasteiger partial charge in [-0.1, -0.05) is 62.1 Å². The third-order valence-electron chi connectivity index (χ3n) is 8.01. The van der Waals surface area contributed by atoms with Crippen LogP contribution in [0.4, 0.5) is 0 Å². The molecular formula is C30H35N3O2S. The number of carbonyl (C=O) groups excluding carboxylic acids is 1. The maximum absolute atomic E-state index is 13.3. The fourth-order valence-corrected chi connectivity index (χ4v) is 6.79. The van der Waals surface area contributed by atoms with Gasteiger partial charge in [-0.15, -0.1) is 11.3 Å². The normalized spacial score (nSPS) is 18.5. The Labute approximate surface area is 217 Å². The zero-order chi connectivity index (χ0) is 24.3. The second-order valence-corrected chi connectivity index (χ2v) is 11.3. The Bertz CT molecular complexity index is 1330. The van der Waals surface area contributed by atoms with Crippen molar-refractivity contribution in [2.75, 3.05) is 19.7 Å². The molecule has 36 heavy (non-hydrogen) atoms. The molecule has 0 spiro atoms. The number of amides is 1. The van der Waals surface area contributed by atoms with E-state index < -0.39 is 0 Å². The van der Waals surface area contributed by atoms with E-state index in [2.05, 4.69) is 63.3 Å². The van der Waals surface area contributed by atoms with Crippen LogP contribution in [0.25, 0.3) is 27.0 Å². The van der Waals surface area contributed by atoms with E-state index in [-0.39, 0.29) is 6.10 Å². The molecule has 3 heterocycles. The van der Waals surface area contributed by atoms with Crippen LogP contribution in [0.5, 0.6) is 0 Å². The molecule has 188 valence electrons. The second kappa shape index (κ2) is 10.7. The van der Waals surface area contributed by atoms with Gasteiger partial charge in [-0.2, -0.15) is 0 Å². The summed E-state index contributed by atoms with van der Waals surface area (Å²) in [4.78, 5) is 21.3. The number of hydrogen-bond donors (Lipinski definition) is 0. The minimum absolute atomic E-state index is 0.190. The molecule has 1 aliphatic carbocycles. The molecule has 2 aliphatic rings. The van der Waals surface area contributed by atoms with Crippen LogP contribution in [0.2, 0.25) is 0 Å². The van der Waals surface area contributed by atoms with E-state index in [0.29, 0.717) is 12.3 Å². The fourth-order valence-electron chi connectivity index (χ4n) is 5.88. The highest BCUT2D eigenvalue weighted by Crippen LogP contribution is 2.29. The van der Waals surface area contributed by atoms with Gasteiger partial charge < -0.3 is 9.64 Å². The molecule has 6 rings (SSSR count). The summed E-state index contributed by atoms with van der Waals surface area (Å²) in [6, 6.07) is 15.0. The van der Waals surface area contributed by atoms with E-state index in [1.807, 2.05) is 0 Å². The highest BCUT2D eigenvalue weighted by atomic mass is 32.1. The fraction of sp³-hybridized carbons (Fsp3) is 0.467. The van der Waals surface area contributed by atoms with Crippen molar-refractivity contribution in [3.8, 4) is 11.3 Å². The second-order valence-electron chi connectivity index (χ2n) is 10.5. The number of benzene rings is 2. The van der Waals surface area contributed by atoms with Crippen LogP contribution in [-0.2, 0) is 16.0 Å². The van der Waals surface area contributed by atoms with E-state index in [4.69, 9.17) is 9.72 Å². The molecule has 1 aliphatic heterocycles. The van der Waals surface area contributed by atoms with Crippen LogP contribution in [-0.4, -0.2) is 46.0 Å². The Morgan fingerprint density at radius 2 is 1.94 bits per heavy atom. The summed E-state index contributed by atoms with van der Waals surface area (Å²) < 4.78 is 8.11. The van der Waals surface area contributed by atoms with Crippen LogP contribution in [0, 0.1) is 5.92 Å². The van der Waals surface area contributed by atoms with Crippen molar-refractivity contribution in [2.45, 2.75) is 63.9 Å². The summed E-state index contributed by atoms with van der Waals surface area (Å²) in [6.45, 7) is 2.29. The smallest absolute Gasteiger partial charge is 0.222 e. The van der Waals surface area contributed by atoms with Gasteiger partial charge in [-0.25, -0.2) is 4.98 Å². The van der Waals surface area contributed by atoms with Crippen LogP contribution < -0.4 is 0 Å². The predicted octanol–water partition coefficient (Wildman–Crippen LogP) is 6.74. The lowest BCUT2D eigenvalue weighted by Crippen LogP contribution is -2.39. The summed E-state index contributed by atoms with van der Waals surface area (Å²) in [5, 5.41) is 4.67. The van der Waals surface area contributed by atoms with Crippen molar-refractivity contribution in [1.82, 2.24) is 14.3 Å². The van der Waals surface area contributed by atoms with Gasteiger partial charge in [0.1, 0.15) is 0 Å². The molecule has 2 fully saturated rings. The molecule has 2 aromatic heterocycles. The molecule has 1 saturated carbocycles. The number of carbonyl (C=O) groups is 1. The molecule has 1 amide bonds. The first-order valence-electron chi connectivity index (χ1n) is 13.6. The predicted molar refractivity (Wildman–Crippen MR) is 146 cm³/mol. The number of imidazole rings is 1. The molecule has 1 unspecified atom stereocenters. The van der Waals surface area contributed by atoms with Crippen molar-refractivity contribution >= 4 is 33.0 Å². The lowest BCUT2D eigenvalue weighted by atomic mass is 10.0. The molecule has 0 radical (unpaired) electrons. The topological polar surface area (TPSA) is 46.8 Å². The number of thiazole rings is 1. The lowest BCUT2D eigenvalue weighted by Gasteiger charge is -2.26. The number of ether oxygens (including phenoxy) is 1. The first-order chi connectivity index (χ1) is 17.7. The van der Waals surface area contributed by atoms with Crippen molar-refractivity contribution in [2.24, 2.45) is 5.92 Å². The van der Waals surface area contributed by atoms with Gasteiger partial charge in [0.05, 0.1) is 11.8 Å². The minimum atomic E-state index is 0.190. The van der Waals surface area contributed by atoms with E-state index in [0.717, 1.165) is 67.5 Å². The zero-order valence-electron chi connectivity index (χ0n) is 20.9. The van der Waals surface area contributed by atoms with Crippen LogP contribution >= 0.6 is 11.3 Å². The van der Waals surface area contributed by atoms with Crippen molar-refractivity contribution < 1.29 is 9.53 Å². The number of fused-ring (bicyclic) bond motifs is 2. The summed E-state index contributed by atoms with van der Waals surface area (Å²) in [5.74, 6) is 1.04. The highest BCUT2D eigenvalue weighted by molar-refractivity contribution is 7.15. The third kappa shape index (κ3) is 5.21. The van der Waals surface area contributed by atoms with Gasteiger partial charge in [0, 0.05) is 55.4 Å². The highest BCUT2D eigenvalue weighted by Gasteiger charge is 2.24. The zero-order valence-corrected chi connectivity index (χ0v) is 21.7. The summed E-state index contributed by atoms with van der Waals surface area (Å²) in [5.41, 5.74) is 3.35. The molecule has 5 nitrogen and oxygen atoms in total. The quantitative estimate of drug-likeness (QED) is 0.255. The SMILES string of the molecule is O=C(CCC1CCCC1)N(CCc1csc2nc(-c3ccc4ccccc4c3)cn12)CC1CCCO1. The van der Waals surface area contributed by atoms with Crippen molar-refractivity contribution in [3.05, 3.63) is 59.7 Å². The van der Waals surface area contributed by atoms with Crippen molar-refractivity contribution in [1.29, 1.82) is 0 Å². The Balaban J connectivity index is 1.16. The number of hydrogen-bond acceptors (Lipinski definition) is 4. The van der Waals surface area contributed by atoms with Gasteiger partial charge >= 0.3 is 0 Å². The monoisotopic (exact) mass is 501 g/mol. The van der Waals surface area contributed by atoms with E-state index in [9.17, 15) is 4.79 Å². The average Bonchev–Trinajstić information content (AvgIpc) is 3.71. The van der Waals surface area contributed by atoms with Gasteiger partial charge in [-0.05, 0) is 42.0 Å². The Hall–Kier alpha value is -2.70. The molecule has 1 atom stereocenters. The molecule has 4 aromatic rings. The maximum atomic E-state index is 13.3. The van der Waals surface area contributed by atoms with Crippen LogP contribution in [0.1, 0.15) is 57.1 Å². The first kappa shape index (κ1) is 23.7. The number of aromatic nitrogens is 2. The maximum Gasteiger partial charge on any atom is 0.222 e. The molecule has 2 aromatic carbocycles. The number of nitrogens with zero attached hydrogens (tertiary/aromatic N) is 3. The molecule has 0 bridgehead atoms. The Morgan fingerprint density at radius 3 is 2.78 bits per heavy atom. The minimum Gasteiger partial charge on any atom is -0.376 e. The van der Waals surface area contributed by atoms with Crippen LogP contribution in [0.3, 0.4) is 0 Å². The van der Waals surface area contributed by atoms with Gasteiger partial charge in [-0.3, -0.25) is 9.20 Å². The van der Waals surface area contributed by atoms with E-state index >= 15 is 0 Å². The molecule has 0 N–H and O–H groups in total. The van der Waals surface area contributed by atoms with Gasteiger partial charge in [0.2, 0.25) is 5.91 Å². The summed E-state index contributed by atoms with van der Waals surface area (Å²) >= 11 is 1.68. The van der Waals surface area contributed by atoms with E-state index in [1.54, 1.807) is 11.3 Å².